The smallest absolute Gasteiger partial charge is 0.138 e. The third kappa shape index (κ3) is 4.42. The van der Waals surface area contributed by atoms with Crippen LogP contribution in [0.2, 0.25) is 0 Å². The van der Waals surface area contributed by atoms with Crippen molar-refractivity contribution < 1.29 is 18.8 Å². The molecule has 6 nitrogen and oxygen atoms in total. The van der Waals surface area contributed by atoms with Crippen LogP contribution in [0.3, 0.4) is 0 Å². The fraction of sp³-hybridized carbons (Fsp3) is 0.533. The number of furan rings is 1. The van der Waals surface area contributed by atoms with E-state index in [1.807, 2.05) is 32.9 Å². The number of rotatable bonds is 8. The minimum Gasteiger partial charge on any atom is -0.467 e. The number of aryl methyl sites for hydroxylation is 2. The van der Waals surface area contributed by atoms with Crippen LogP contribution in [-0.4, -0.2) is 29.5 Å². The van der Waals surface area contributed by atoms with E-state index < -0.39 is 6.10 Å². The molecule has 0 amide bonds. The Bertz CT molecular complexity index is 516. The third-order valence-electron chi connectivity index (χ3n) is 3.32. The molecule has 0 aliphatic carbocycles. The predicted molar refractivity (Wildman–Crippen MR) is 76.8 cm³/mol. The van der Waals surface area contributed by atoms with E-state index in [4.69, 9.17) is 13.7 Å². The standard InChI is InChI=1S/C15H22N2O4/c1-10(15-11(2)17-21-12(15)3)16-7-13(18)8-19-9-14-5-4-6-20-14/h4-6,10,13,16,18H,7-9H2,1-3H3. The summed E-state index contributed by atoms with van der Waals surface area (Å²) in [7, 11) is 0. The molecule has 0 saturated carbocycles. The third-order valence-corrected chi connectivity index (χ3v) is 3.32. The largest absolute Gasteiger partial charge is 0.467 e. The molecule has 0 aliphatic rings. The first-order chi connectivity index (χ1) is 10.1. The van der Waals surface area contributed by atoms with Gasteiger partial charge in [-0.3, -0.25) is 0 Å². The van der Waals surface area contributed by atoms with Crippen LogP contribution in [-0.2, 0) is 11.3 Å². The summed E-state index contributed by atoms with van der Waals surface area (Å²) >= 11 is 0. The van der Waals surface area contributed by atoms with Gasteiger partial charge < -0.3 is 24.1 Å². The van der Waals surface area contributed by atoms with Crippen molar-refractivity contribution in [2.24, 2.45) is 0 Å². The highest BCUT2D eigenvalue weighted by atomic mass is 16.5. The Kier molecular flexibility index (Phi) is 5.55. The molecular weight excluding hydrogens is 272 g/mol. The van der Waals surface area contributed by atoms with Gasteiger partial charge >= 0.3 is 0 Å². The Morgan fingerprint density at radius 2 is 2.24 bits per heavy atom. The number of ether oxygens (including phenoxy) is 1. The average molecular weight is 294 g/mol. The lowest BCUT2D eigenvalue weighted by Gasteiger charge is -2.17. The molecule has 0 aliphatic heterocycles. The maximum atomic E-state index is 9.91. The van der Waals surface area contributed by atoms with Crippen LogP contribution >= 0.6 is 0 Å². The Morgan fingerprint density at radius 1 is 1.43 bits per heavy atom. The molecule has 0 fully saturated rings. The number of hydrogen-bond donors (Lipinski definition) is 2. The second-order valence-electron chi connectivity index (χ2n) is 5.12. The van der Waals surface area contributed by atoms with E-state index in [1.54, 1.807) is 6.26 Å². The SMILES string of the molecule is Cc1noc(C)c1C(C)NCC(O)COCc1ccco1. The highest BCUT2D eigenvalue weighted by Gasteiger charge is 2.17. The zero-order valence-corrected chi connectivity index (χ0v) is 12.6. The van der Waals surface area contributed by atoms with Crippen LogP contribution in [0, 0.1) is 13.8 Å². The van der Waals surface area contributed by atoms with Gasteiger partial charge in [0, 0.05) is 18.2 Å². The van der Waals surface area contributed by atoms with E-state index in [-0.39, 0.29) is 12.6 Å². The van der Waals surface area contributed by atoms with Gasteiger partial charge in [0.1, 0.15) is 18.1 Å². The fourth-order valence-electron chi connectivity index (χ4n) is 2.27. The second kappa shape index (κ2) is 7.40. The highest BCUT2D eigenvalue weighted by Crippen LogP contribution is 2.20. The zero-order chi connectivity index (χ0) is 15.2. The van der Waals surface area contributed by atoms with Gasteiger partial charge in [-0.2, -0.15) is 0 Å². The van der Waals surface area contributed by atoms with E-state index in [2.05, 4.69) is 10.5 Å². The lowest BCUT2D eigenvalue weighted by molar-refractivity contribution is 0.0217. The van der Waals surface area contributed by atoms with Crippen molar-refractivity contribution in [2.75, 3.05) is 13.2 Å². The van der Waals surface area contributed by atoms with Crippen LogP contribution in [0.15, 0.2) is 27.3 Å². The minimum absolute atomic E-state index is 0.0657. The van der Waals surface area contributed by atoms with Gasteiger partial charge in [-0.15, -0.1) is 0 Å². The van der Waals surface area contributed by atoms with E-state index in [0.717, 1.165) is 22.8 Å². The van der Waals surface area contributed by atoms with Gasteiger partial charge in [0.05, 0.1) is 24.7 Å². The summed E-state index contributed by atoms with van der Waals surface area (Å²) in [5.41, 5.74) is 1.91. The van der Waals surface area contributed by atoms with Gasteiger partial charge in [0.25, 0.3) is 0 Å². The van der Waals surface area contributed by atoms with Gasteiger partial charge in [-0.05, 0) is 32.9 Å². The molecule has 21 heavy (non-hydrogen) atoms. The van der Waals surface area contributed by atoms with Crippen molar-refractivity contribution in [1.82, 2.24) is 10.5 Å². The monoisotopic (exact) mass is 294 g/mol. The Balaban J connectivity index is 1.70. The summed E-state index contributed by atoms with van der Waals surface area (Å²) in [5, 5.41) is 17.1. The zero-order valence-electron chi connectivity index (χ0n) is 12.6. The lowest BCUT2D eigenvalue weighted by Crippen LogP contribution is -2.32. The van der Waals surface area contributed by atoms with Gasteiger partial charge in [-0.25, -0.2) is 0 Å². The van der Waals surface area contributed by atoms with Crippen LogP contribution in [0.5, 0.6) is 0 Å². The molecule has 2 N–H and O–H groups in total. The van der Waals surface area contributed by atoms with Crippen LogP contribution in [0.4, 0.5) is 0 Å². The van der Waals surface area contributed by atoms with E-state index in [1.165, 1.54) is 0 Å². The van der Waals surface area contributed by atoms with Crippen molar-refractivity contribution in [3.63, 3.8) is 0 Å². The Hall–Kier alpha value is -1.63. The molecule has 2 atom stereocenters. The van der Waals surface area contributed by atoms with Crippen LogP contribution in [0.25, 0.3) is 0 Å². The molecule has 0 aromatic carbocycles. The molecule has 116 valence electrons. The molecule has 2 unspecified atom stereocenters. The average Bonchev–Trinajstić information content (AvgIpc) is 3.07. The number of nitrogens with one attached hydrogen (secondary N) is 1. The van der Waals surface area contributed by atoms with Gasteiger partial charge in [0.15, 0.2) is 0 Å². The molecule has 0 spiro atoms. The maximum Gasteiger partial charge on any atom is 0.138 e. The van der Waals surface area contributed by atoms with E-state index in [0.29, 0.717) is 13.2 Å². The summed E-state index contributed by atoms with van der Waals surface area (Å²) in [6.45, 7) is 6.86. The van der Waals surface area contributed by atoms with Gasteiger partial charge in [0.2, 0.25) is 0 Å². The first-order valence-electron chi connectivity index (χ1n) is 7.02. The van der Waals surface area contributed by atoms with Crippen molar-refractivity contribution in [1.29, 1.82) is 0 Å². The summed E-state index contributed by atoms with van der Waals surface area (Å²) in [5.74, 6) is 1.55. The highest BCUT2D eigenvalue weighted by molar-refractivity contribution is 5.24. The van der Waals surface area contributed by atoms with Crippen molar-refractivity contribution in [3.8, 4) is 0 Å². The summed E-state index contributed by atoms with van der Waals surface area (Å²) in [6.07, 6.45) is 1.02. The lowest BCUT2D eigenvalue weighted by atomic mass is 10.1. The second-order valence-corrected chi connectivity index (χ2v) is 5.12. The normalized spacial score (nSPS) is 14.3. The quantitative estimate of drug-likeness (QED) is 0.776. The Morgan fingerprint density at radius 3 is 2.86 bits per heavy atom. The Labute approximate surface area is 124 Å². The maximum absolute atomic E-state index is 9.91. The van der Waals surface area contributed by atoms with Crippen LogP contribution in [0.1, 0.15) is 35.7 Å². The topological polar surface area (TPSA) is 80.7 Å². The summed E-state index contributed by atoms with van der Waals surface area (Å²) in [6, 6.07) is 3.71. The molecule has 0 saturated heterocycles. The summed E-state index contributed by atoms with van der Waals surface area (Å²) in [4.78, 5) is 0. The number of aliphatic hydroxyl groups is 1. The minimum atomic E-state index is -0.581. The molecule has 0 radical (unpaired) electrons. The molecule has 2 aromatic heterocycles. The number of aliphatic hydroxyl groups excluding tert-OH is 1. The molecule has 2 aromatic rings. The fourth-order valence-corrected chi connectivity index (χ4v) is 2.27. The van der Waals surface area contributed by atoms with Crippen molar-refractivity contribution >= 4 is 0 Å². The summed E-state index contributed by atoms with van der Waals surface area (Å²) < 4.78 is 15.7. The number of nitrogens with zero attached hydrogens (tertiary/aromatic N) is 1. The molecule has 2 heterocycles. The van der Waals surface area contributed by atoms with E-state index in [9.17, 15) is 5.11 Å². The number of hydrogen-bond acceptors (Lipinski definition) is 6. The van der Waals surface area contributed by atoms with Crippen LogP contribution < -0.4 is 5.32 Å². The predicted octanol–water partition coefficient (Wildman–Crippen LogP) is 2.11. The van der Waals surface area contributed by atoms with Crippen molar-refractivity contribution in [2.45, 2.75) is 39.5 Å². The first kappa shape index (κ1) is 15.8. The van der Waals surface area contributed by atoms with E-state index >= 15 is 0 Å². The molecule has 2 rings (SSSR count). The molecule has 6 heteroatoms. The first-order valence-corrected chi connectivity index (χ1v) is 7.02. The van der Waals surface area contributed by atoms with Gasteiger partial charge in [-0.1, -0.05) is 5.16 Å². The van der Waals surface area contributed by atoms with Crippen molar-refractivity contribution in [3.05, 3.63) is 41.2 Å². The molecule has 0 bridgehead atoms. The number of aromatic nitrogens is 1. The molecular formula is C15H22N2O4.